The highest BCUT2D eigenvalue weighted by Gasteiger charge is 2.33. The van der Waals surface area contributed by atoms with Crippen LogP contribution in [0.3, 0.4) is 0 Å². The van der Waals surface area contributed by atoms with Gasteiger partial charge < -0.3 is 5.73 Å². The van der Waals surface area contributed by atoms with Crippen molar-refractivity contribution >= 4 is 0 Å². The summed E-state index contributed by atoms with van der Waals surface area (Å²) in [6.45, 7) is 7.79. The maximum absolute atomic E-state index is 6.14. The second-order valence-corrected chi connectivity index (χ2v) is 7.21. The predicted octanol–water partition coefficient (Wildman–Crippen LogP) is 4.57. The minimum atomic E-state index is 0.206. The van der Waals surface area contributed by atoms with Crippen molar-refractivity contribution in [1.82, 2.24) is 4.90 Å². The molecule has 1 rings (SSSR count). The molecule has 0 aliphatic heterocycles. The van der Waals surface area contributed by atoms with Gasteiger partial charge in [-0.25, -0.2) is 0 Å². The first-order valence-corrected chi connectivity index (χ1v) is 9.00. The number of unbranched alkanes of at least 4 members (excludes halogenated alkanes) is 3. The molecular weight excluding hydrogens is 244 g/mol. The molecule has 0 radical (unpaired) electrons. The summed E-state index contributed by atoms with van der Waals surface area (Å²) in [6.07, 6.45) is 13.6. The SMILES string of the molecule is CCCCCCC(C)(CN)N(C)C1CCC(CC)CC1. The lowest BCUT2D eigenvalue weighted by molar-refractivity contribution is 0.0525. The largest absolute Gasteiger partial charge is 0.329 e. The Morgan fingerprint density at radius 2 is 1.70 bits per heavy atom. The van der Waals surface area contributed by atoms with Crippen LogP contribution in [0, 0.1) is 5.92 Å². The van der Waals surface area contributed by atoms with Gasteiger partial charge in [-0.3, -0.25) is 4.90 Å². The molecule has 0 amide bonds. The Kier molecular flexibility index (Phi) is 8.13. The van der Waals surface area contributed by atoms with Crippen molar-refractivity contribution in [3.05, 3.63) is 0 Å². The van der Waals surface area contributed by atoms with Gasteiger partial charge in [-0.1, -0.05) is 46.0 Å². The van der Waals surface area contributed by atoms with Crippen molar-refractivity contribution in [1.29, 1.82) is 0 Å². The second kappa shape index (κ2) is 9.04. The Morgan fingerprint density at radius 3 is 2.20 bits per heavy atom. The lowest BCUT2D eigenvalue weighted by Crippen LogP contribution is -2.54. The molecule has 1 aliphatic carbocycles. The van der Waals surface area contributed by atoms with Gasteiger partial charge in [-0.2, -0.15) is 0 Å². The smallest absolute Gasteiger partial charge is 0.0303 e. The molecule has 1 aliphatic rings. The highest BCUT2D eigenvalue weighted by Crippen LogP contribution is 2.33. The van der Waals surface area contributed by atoms with E-state index in [1.165, 1.54) is 64.2 Å². The Labute approximate surface area is 127 Å². The van der Waals surface area contributed by atoms with Gasteiger partial charge in [0, 0.05) is 18.1 Å². The first-order chi connectivity index (χ1) is 9.57. The first-order valence-electron chi connectivity index (χ1n) is 9.00. The van der Waals surface area contributed by atoms with E-state index < -0.39 is 0 Å². The summed E-state index contributed by atoms with van der Waals surface area (Å²) >= 11 is 0. The lowest BCUT2D eigenvalue weighted by atomic mass is 9.81. The quantitative estimate of drug-likeness (QED) is 0.627. The van der Waals surface area contributed by atoms with Gasteiger partial charge in [-0.05, 0) is 52.0 Å². The summed E-state index contributed by atoms with van der Waals surface area (Å²) in [5.74, 6) is 0.980. The molecule has 1 unspecified atom stereocenters. The van der Waals surface area contributed by atoms with E-state index in [1.807, 2.05) is 0 Å². The number of nitrogens with zero attached hydrogens (tertiary/aromatic N) is 1. The third kappa shape index (κ3) is 5.04. The van der Waals surface area contributed by atoms with Crippen LogP contribution in [0.5, 0.6) is 0 Å². The van der Waals surface area contributed by atoms with Gasteiger partial charge in [0.1, 0.15) is 0 Å². The molecular formula is C18H38N2. The molecule has 2 heteroatoms. The predicted molar refractivity (Wildman–Crippen MR) is 90.0 cm³/mol. The van der Waals surface area contributed by atoms with Crippen molar-refractivity contribution in [3.63, 3.8) is 0 Å². The summed E-state index contributed by atoms with van der Waals surface area (Å²) in [5, 5.41) is 0. The molecule has 0 spiro atoms. The fourth-order valence-corrected chi connectivity index (χ4v) is 3.74. The van der Waals surface area contributed by atoms with Crippen molar-refractivity contribution < 1.29 is 0 Å². The van der Waals surface area contributed by atoms with Crippen molar-refractivity contribution in [2.24, 2.45) is 11.7 Å². The van der Waals surface area contributed by atoms with Gasteiger partial charge in [0.2, 0.25) is 0 Å². The molecule has 0 aromatic heterocycles. The van der Waals surface area contributed by atoms with E-state index in [1.54, 1.807) is 0 Å². The summed E-state index contributed by atoms with van der Waals surface area (Å²) in [4.78, 5) is 2.63. The second-order valence-electron chi connectivity index (χ2n) is 7.21. The van der Waals surface area contributed by atoms with E-state index >= 15 is 0 Å². The Morgan fingerprint density at radius 1 is 1.05 bits per heavy atom. The molecule has 0 aromatic carbocycles. The van der Waals surface area contributed by atoms with E-state index in [9.17, 15) is 0 Å². The molecule has 0 saturated heterocycles. The average molecular weight is 283 g/mol. The van der Waals surface area contributed by atoms with Crippen LogP contribution >= 0.6 is 0 Å². The van der Waals surface area contributed by atoms with Crippen molar-refractivity contribution in [2.75, 3.05) is 13.6 Å². The number of rotatable bonds is 9. The fourth-order valence-electron chi connectivity index (χ4n) is 3.74. The van der Waals surface area contributed by atoms with Crippen LogP contribution in [-0.4, -0.2) is 30.1 Å². The van der Waals surface area contributed by atoms with Gasteiger partial charge in [-0.15, -0.1) is 0 Å². The van der Waals surface area contributed by atoms with Crippen LogP contribution in [-0.2, 0) is 0 Å². The topological polar surface area (TPSA) is 29.3 Å². The average Bonchev–Trinajstić information content (AvgIpc) is 2.50. The fraction of sp³-hybridized carbons (Fsp3) is 1.00. The van der Waals surface area contributed by atoms with Crippen LogP contribution in [0.25, 0.3) is 0 Å². The standard InChI is InChI=1S/C18H38N2/c1-5-7-8-9-14-18(3,15-19)20(4)17-12-10-16(6-2)11-13-17/h16-17H,5-15,19H2,1-4H3. The maximum atomic E-state index is 6.14. The minimum Gasteiger partial charge on any atom is -0.329 e. The number of likely N-dealkylation sites (N-methyl/N-ethyl adjacent to an activating group) is 1. The van der Waals surface area contributed by atoms with E-state index in [-0.39, 0.29) is 5.54 Å². The summed E-state index contributed by atoms with van der Waals surface area (Å²) < 4.78 is 0. The van der Waals surface area contributed by atoms with E-state index in [4.69, 9.17) is 5.73 Å². The highest BCUT2D eigenvalue weighted by molar-refractivity contribution is 4.91. The molecule has 120 valence electrons. The molecule has 20 heavy (non-hydrogen) atoms. The van der Waals surface area contributed by atoms with Crippen LogP contribution in [0.2, 0.25) is 0 Å². The van der Waals surface area contributed by atoms with Crippen molar-refractivity contribution in [2.45, 2.75) is 96.6 Å². The van der Waals surface area contributed by atoms with Gasteiger partial charge in [0.15, 0.2) is 0 Å². The molecule has 1 saturated carbocycles. The number of hydrogen-bond donors (Lipinski definition) is 1. The highest BCUT2D eigenvalue weighted by atomic mass is 15.2. The van der Waals surface area contributed by atoms with Crippen molar-refractivity contribution in [3.8, 4) is 0 Å². The molecule has 2 nitrogen and oxygen atoms in total. The monoisotopic (exact) mass is 282 g/mol. The maximum Gasteiger partial charge on any atom is 0.0303 e. The van der Waals surface area contributed by atoms with Crippen LogP contribution in [0.1, 0.15) is 85.0 Å². The third-order valence-corrected chi connectivity index (χ3v) is 5.80. The molecule has 0 bridgehead atoms. The zero-order valence-electron chi connectivity index (χ0n) is 14.5. The van der Waals surface area contributed by atoms with Crippen LogP contribution in [0.15, 0.2) is 0 Å². The Hall–Kier alpha value is -0.0800. The van der Waals surface area contributed by atoms with Crippen LogP contribution < -0.4 is 5.73 Å². The normalized spacial score (nSPS) is 26.7. The van der Waals surface area contributed by atoms with Crippen LogP contribution in [0.4, 0.5) is 0 Å². The molecule has 1 atom stereocenters. The first kappa shape index (κ1) is 18.0. The molecule has 0 aromatic rings. The molecule has 0 heterocycles. The minimum absolute atomic E-state index is 0.206. The summed E-state index contributed by atoms with van der Waals surface area (Å²) in [5.41, 5.74) is 6.35. The van der Waals surface area contributed by atoms with E-state index in [0.29, 0.717) is 0 Å². The number of nitrogens with two attached hydrogens (primary N) is 1. The van der Waals surface area contributed by atoms with E-state index in [2.05, 4.69) is 32.7 Å². The van der Waals surface area contributed by atoms with Gasteiger partial charge in [0.25, 0.3) is 0 Å². The van der Waals surface area contributed by atoms with E-state index in [0.717, 1.165) is 18.5 Å². The Bertz CT molecular complexity index is 246. The van der Waals surface area contributed by atoms with Gasteiger partial charge >= 0.3 is 0 Å². The zero-order valence-corrected chi connectivity index (χ0v) is 14.5. The molecule has 1 fully saturated rings. The zero-order chi connectivity index (χ0) is 15.0. The van der Waals surface area contributed by atoms with Gasteiger partial charge in [0.05, 0.1) is 0 Å². The number of hydrogen-bond acceptors (Lipinski definition) is 2. The molecule has 2 N–H and O–H groups in total. The lowest BCUT2D eigenvalue weighted by Gasteiger charge is -2.45. The summed E-state index contributed by atoms with van der Waals surface area (Å²) in [7, 11) is 2.32. The summed E-state index contributed by atoms with van der Waals surface area (Å²) in [6, 6.07) is 0.762. The Balaban J connectivity index is 2.46. The third-order valence-electron chi connectivity index (χ3n) is 5.80.